The third-order valence-corrected chi connectivity index (χ3v) is 4.14. The molecule has 19 heavy (non-hydrogen) atoms. The number of hydrogen-bond acceptors (Lipinski definition) is 3. The average molecular weight is 323 g/mol. The molecule has 0 saturated heterocycles. The van der Waals surface area contributed by atoms with Gasteiger partial charge in [0.15, 0.2) is 11.5 Å². The number of halogens is 1. The van der Waals surface area contributed by atoms with Gasteiger partial charge in [-0.05, 0) is 33.6 Å². The summed E-state index contributed by atoms with van der Waals surface area (Å²) in [5.74, 6) is 1.67. The van der Waals surface area contributed by atoms with Gasteiger partial charge in [0.05, 0.1) is 25.2 Å². The molecule has 0 fully saturated rings. The number of benzene rings is 1. The Morgan fingerprint density at radius 1 is 1.26 bits per heavy atom. The summed E-state index contributed by atoms with van der Waals surface area (Å²) in [5, 5.41) is 0. The first-order chi connectivity index (χ1) is 9.24. The fraction of sp³-hybridized carbons (Fsp3) is 0.357. The van der Waals surface area contributed by atoms with Crippen molar-refractivity contribution in [1.82, 2.24) is 9.55 Å². The Kier molecular flexibility index (Phi) is 3.46. The predicted octanol–water partition coefficient (Wildman–Crippen LogP) is 2.93. The Labute approximate surface area is 120 Å². The van der Waals surface area contributed by atoms with E-state index in [-0.39, 0.29) is 0 Å². The Balaban J connectivity index is 1.86. The molecule has 1 aromatic heterocycles. The number of hydrogen-bond donors (Lipinski definition) is 0. The van der Waals surface area contributed by atoms with Gasteiger partial charge in [0, 0.05) is 19.9 Å². The number of nitrogens with zero attached hydrogens (tertiary/aromatic N) is 2. The van der Waals surface area contributed by atoms with Gasteiger partial charge in [-0.2, -0.15) is 0 Å². The molecular formula is C14H15BrN2O2. The van der Waals surface area contributed by atoms with E-state index in [4.69, 9.17) is 9.47 Å². The van der Waals surface area contributed by atoms with Gasteiger partial charge in [-0.1, -0.05) is 6.07 Å². The molecule has 5 heteroatoms. The Hall–Kier alpha value is -1.49. The number of fused-ring (bicyclic) bond motifs is 1. The molecule has 0 amide bonds. The first-order valence-electron chi connectivity index (χ1n) is 6.28. The van der Waals surface area contributed by atoms with E-state index in [1.165, 1.54) is 5.56 Å². The molecule has 2 aromatic rings. The van der Waals surface area contributed by atoms with Crippen LogP contribution in [0, 0.1) is 0 Å². The minimum atomic E-state index is 0.712. The van der Waals surface area contributed by atoms with Gasteiger partial charge in [-0.3, -0.25) is 0 Å². The second kappa shape index (κ2) is 5.25. The van der Waals surface area contributed by atoms with Crippen LogP contribution in [0.5, 0.6) is 11.5 Å². The maximum atomic E-state index is 5.70. The number of aromatic nitrogens is 2. The average Bonchev–Trinajstić information content (AvgIpc) is 2.65. The predicted molar refractivity (Wildman–Crippen MR) is 75.8 cm³/mol. The standard InChI is InChI=1S/C14H15BrN2O2/c1-17-9-16-11(14(17)15)7-10-3-4-12-13(8-10)19-6-2-5-18-12/h3-4,8-9H,2,5-7H2,1H3. The van der Waals surface area contributed by atoms with Crippen molar-refractivity contribution in [3.05, 3.63) is 40.4 Å². The highest BCUT2D eigenvalue weighted by molar-refractivity contribution is 9.10. The quantitative estimate of drug-likeness (QED) is 0.853. The van der Waals surface area contributed by atoms with Gasteiger partial charge in [-0.25, -0.2) is 4.98 Å². The first kappa shape index (κ1) is 12.5. The van der Waals surface area contributed by atoms with Crippen LogP contribution in [0.3, 0.4) is 0 Å². The van der Waals surface area contributed by atoms with Crippen molar-refractivity contribution in [2.24, 2.45) is 7.05 Å². The van der Waals surface area contributed by atoms with Gasteiger partial charge in [0.1, 0.15) is 4.60 Å². The lowest BCUT2D eigenvalue weighted by Crippen LogP contribution is -1.97. The number of imidazole rings is 1. The van der Waals surface area contributed by atoms with Crippen LogP contribution in [-0.2, 0) is 13.5 Å². The molecule has 1 aromatic carbocycles. The van der Waals surface area contributed by atoms with Crippen molar-refractivity contribution >= 4 is 15.9 Å². The van der Waals surface area contributed by atoms with Crippen molar-refractivity contribution in [2.75, 3.05) is 13.2 Å². The van der Waals surface area contributed by atoms with Gasteiger partial charge in [0.25, 0.3) is 0 Å². The monoisotopic (exact) mass is 322 g/mol. The molecule has 0 radical (unpaired) electrons. The summed E-state index contributed by atoms with van der Waals surface area (Å²) in [4.78, 5) is 4.39. The van der Waals surface area contributed by atoms with Crippen molar-refractivity contribution in [3.63, 3.8) is 0 Å². The third-order valence-electron chi connectivity index (χ3n) is 3.12. The Morgan fingerprint density at radius 2 is 2.05 bits per heavy atom. The normalized spacial score (nSPS) is 14.2. The molecule has 0 bridgehead atoms. The lowest BCUT2D eigenvalue weighted by Gasteiger charge is -2.09. The van der Waals surface area contributed by atoms with Gasteiger partial charge in [0.2, 0.25) is 0 Å². The number of ether oxygens (including phenoxy) is 2. The van der Waals surface area contributed by atoms with Gasteiger partial charge in [-0.15, -0.1) is 0 Å². The maximum Gasteiger partial charge on any atom is 0.161 e. The molecule has 0 spiro atoms. The molecular weight excluding hydrogens is 308 g/mol. The minimum Gasteiger partial charge on any atom is -0.490 e. The second-order valence-corrected chi connectivity index (χ2v) is 5.35. The van der Waals surface area contributed by atoms with Crippen LogP contribution in [0.1, 0.15) is 17.7 Å². The molecule has 2 heterocycles. The van der Waals surface area contributed by atoms with Crippen LogP contribution < -0.4 is 9.47 Å². The molecule has 0 atom stereocenters. The van der Waals surface area contributed by atoms with E-state index in [1.54, 1.807) is 0 Å². The molecule has 1 aliphatic heterocycles. The first-order valence-corrected chi connectivity index (χ1v) is 7.07. The van der Waals surface area contributed by atoms with E-state index in [0.717, 1.165) is 41.2 Å². The van der Waals surface area contributed by atoms with Crippen LogP contribution in [0.4, 0.5) is 0 Å². The van der Waals surface area contributed by atoms with E-state index in [2.05, 4.69) is 27.0 Å². The lowest BCUT2D eigenvalue weighted by molar-refractivity contribution is 0.297. The van der Waals surface area contributed by atoms with Gasteiger partial charge < -0.3 is 14.0 Å². The molecule has 4 nitrogen and oxygen atoms in total. The van der Waals surface area contributed by atoms with Crippen molar-refractivity contribution in [1.29, 1.82) is 0 Å². The molecule has 1 aliphatic rings. The van der Waals surface area contributed by atoms with E-state index in [1.807, 2.05) is 30.1 Å². The zero-order chi connectivity index (χ0) is 13.2. The fourth-order valence-electron chi connectivity index (χ4n) is 2.09. The Morgan fingerprint density at radius 3 is 2.79 bits per heavy atom. The van der Waals surface area contributed by atoms with Gasteiger partial charge >= 0.3 is 0 Å². The highest BCUT2D eigenvalue weighted by Gasteiger charge is 2.12. The topological polar surface area (TPSA) is 36.3 Å². The van der Waals surface area contributed by atoms with E-state index < -0.39 is 0 Å². The second-order valence-electron chi connectivity index (χ2n) is 4.60. The Bertz CT molecular complexity index is 595. The molecule has 0 aliphatic carbocycles. The molecule has 100 valence electrons. The van der Waals surface area contributed by atoms with Crippen molar-refractivity contribution < 1.29 is 9.47 Å². The molecule has 3 rings (SSSR count). The zero-order valence-corrected chi connectivity index (χ0v) is 12.3. The van der Waals surface area contributed by atoms with E-state index >= 15 is 0 Å². The summed E-state index contributed by atoms with van der Waals surface area (Å²) in [6.07, 6.45) is 3.51. The highest BCUT2D eigenvalue weighted by atomic mass is 79.9. The third kappa shape index (κ3) is 2.61. The van der Waals surface area contributed by atoms with Crippen LogP contribution in [-0.4, -0.2) is 22.8 Å². The van der Waals surface area contributed by atoms with Crippen molar-refractivity contribution in [3.8, 4) is 11.5 Å². The SMILES string of the molecule is Cn1cnc(Cc2ccc3c(c2)OCCCO3)c1Br. The molecule has 0 saturated carbocycles. The summed E-state index contributed by atoms with van der Waals surface area (Å²) in [7, 11) is 1.97. The highest BCUT2D eigenvalue weighted by Crippen LogP contribution is 2.31. The van der Waals surface area contributed by atoms with Crippen LogP contribution >= 0.6 is 15.9 Å². The smallest absolute Gasteiger partial charge is 0.161 e. The van der Waals surface area contributed by atoms with E-state index in [9.17, 15) is 0 Å². The largest absolute Gasteiger partial charge is 0.490 e. The fourth-order valence-corrected chi connectivity index (χ4v) is 2.43. The number of aryl methyl sites for hydroxylation is 1. The van der Waals surface area contributed by atoms with Crippen LogP contribution in [0.25, 0.3) is 0 Å². The summed E-state index contributed by atoms with van der Waals surface area (Å²) in [5.41, 5.74) is 2.20. The van der Waals surface area contributed by atoms with Crippen molar-refractivity contribution in [2.45, 2.75) is 12.8 Å². The lowest BCUT2D eigenvalue weighted by atomic mass is 10.1. The number of rotatable bonds is 2. The minimum absolute atomic E-state index is 0.712. The van der Waals surface area contributed by atoms with Crippen LogP contribution in [0.15, 0.2) is 29.1 Å². The summed E-state index contributed by atoms with van der Waals surface area (Å²) in [6.45, 7) is 1.43. The molecule has 0 N–H and O–H groups in total. The molecule has 0 unspecified atom stereocenters. The zero-order valence-electron chi connectivity index (χ0n) is 10.7. The summed E-state index contributed by atoms with van der Waals surface area (Å²) < 4.78 is 14.3. The van der Waals surface area contributed by atoms with E-state index in [0.29, 0.717) is 6.61 Å². The summed E-state index contributed by atoms with van der Waals surface area (Å²) in [6, 6.07) is 6.09. The summed E-state index contributed by atoms with van der Waals surface area (Å²) >= 11 is 3.54. The maximum absolute atomic E-state index is 5.70. The van der Waals surface area contributed by atoms with Crippen LogP contribution in [0.2, 0.25) is 0 Å².